The number of hydrogen-bond donors (Lipinski definition) is 2. The van der Waals surface area contributed by atoms with Gasteiger partial charge in [-0.1, -0.05) is 42.5 Å². The fraction of sp³-hybridized carbons (Fsp3) is 0.250. The second kappa shape index (κ2) is 5.95. The molecule has 0 amide bonds. The fourth-order valence-corrected chi connectivity index (χ4v) is 2.02. The number of nitrogens with two attached hydrogens (primary N) is 1. The highest BCUT2D eigenvalue weighted by atomic mass is 19.1. The quantitative estimate of drug-likeness (QED) is 0.887. The minimum atomic E-state index is -0.732. The van der Waals surface area contributed by atoms with Crippen LogP contribution < -0.4 is 5.73 Å². The van der Waals surface area contributed by atoms with E-state index in [0.717, 1.165) is 5.56 Å². The average Bonchev–Trinajstić information content (AvgIpc) is 2.42. The lowest BCUT2D eigenvalue weighted by molar-refractivity contribution is 0.145. The molecule has 0 fully saturated rings. The topological polar surface area (TPSA) is 46.2 Å². The first kappa shape index (κ1) is 13.7. The van der Waals surface area contributed by atoms with Crippen LogP contribution in [0.3, 0.4) is 0 Å². The molecule has 0 spiro atoms. The lowest BCUT2D eigenvalue weighted by Crippen LogP contribution is -2.28. The number of aliphatic hydroxyl groups excluding tert-OH is 1. The lowest BCUT2D eigenvalue weighted by Gasteiger charge is -2.19. The summed E-state index contributed by atoms with van der Waals surface area (Å²) in [5, 5.41) is 10.1. The number of halogens is 1. The van der Waals surface area contributed by atoms with Crippen LogP contribution in [0.1, 0.15) is 22.7 Å². The zero-order valence-corrected chi connectivity index (χ0v) is 10.9. The van der Waals surface area contributed by atoms with Gasteiger partial charge in [0.2, 0.25) is 0 Å². The van der Waals surface area contributed by atoms with Crippen molar-refractivity contribution in [1.82, 2.24) is 0 Å². The van der Waals surface area contributed by atoms with E-state index in [2.05, 4.69) is 0 Å². The Bertz CT molecular complexity index is 542. The highest BCUT2D eigenvalue weighted by Gasteiger charge is 2.18. The summed E-state index contributed by atoms with van der Waals surface area (Å²) in [6.07, 6.45) is -0.276. The van der Waals surface area contributed by atoms with Crippen molar-refractivity contribution in [3.63, 3.8) is 0 Å². The van der Waals surface area contributed by atoms with Crippen molar-refractivity contribution in [3.05, 3.63) is 71.0 Å². The lowest BCUT2D eigenvalue weighted by atomic mass is 9.96. The van der Waals surface area contributed by atoms with Crippen LogP contribution in [-0.2, 0) is 6.42 Å². The molecule has 2 aromatic carbocycles. The van der Waals surface area contributed by atoms with Gasteiger partial charge in [-0.15, -0.1) is 0 Å². The van der Waals surface area contributed by atoms with Gasteiger partial charge in [-0.05, 0) is 29.7 Å². The van der Waals surface area contributed by atoms with Crippen molar-refractivity contribution < 1.29 is 9.50 Å². The Hall–Kier alpha value is -1.71. The number of rotatable bonds is 4. The van der Waals surface area contributed by atoms with Gasteiger partial charge in [0.25, 0.3) is 0 Å². The van der Waals surface area contributed by atoms with Crippen LogP contribution in [0, 0.1) is 12.7 Å². The molecule has 100 valence electrons. The molecule has 2 aromatic rings. The SMILES string of the molecule is Cc1ccc([C@@H](N)[C@@H](O)Cc2ccccc2)cc1F. The molecule has 0 aliphatic rings. The molecule has 2 atom stereocenters. The highest BCUT2D eigenvalue weighted by Crippen LogP contribution is 2.20. The van der Waals surface area contributed by atoms with Gasteiger partial charge in [-0.25, -0.2) is 4.39 Å². The van der Waals surface area contributed by atoms with Crippen molar-refractivity contribution in [3.8, 4) is 0 Å². The zero-order valence-electron chi connectivity index (χ0n) is 10.9. The molecule has 0 heterocycles. The molecule has 0 aromatic heterocycles. The number of benzene rings is 2. The first-order chi connectivity index (χ1) is 9.08. The standard InChI is InChI=1S/C16H18FNO/c1-11-7-8-13(10-14(11)17)16(18)15(19)9-12-5-3-2-4-6-12/h2-8,10,15-16,19H,9,18H2,1H3/t15-,16+/m0/s1. The Morgan fingerprint density at radius 1 is 1.16 bits per heavy atom. The third-order valence-electron chi connectivity index (χ3n) is 3.28. The molecule has 0 radical (unpaired) electrons. The van der Waals surface area contributed by atoms with Crippen molar-refractivity contribution >= 4 is 0 Å². The van der Waals surface area contributed by atoms with Crippen LogP contribution in [0.5, 0.6) is 0 Å². The molecule has 0 aliphatic carbocycles. The third kappa shape index (κ3) is 3.40. The summed E-state index contributed by atoms with van der Waals surface area (Å²) in [6.45, 7) is 1.70. The predicted octanol–water partition coefficient (Wildman–Crippen LogP) is 2.74. The Morgan fingerprint density at radius 2 is 1.84 bits per heavy atom. The van der Waals surface area contributed by atoms with Crippen molar-refractivity contribution in [1.29, 1.82) is 0 Å². The van der Waals surface area contributed by atoms with E-state index in [-0.39, 0.29) is 5.82 Å². The average molecular weight is 259 g/mol. The Morgan fingerprint density at radius 3 is 2.47 bits per heavy atom. The van der Waals surface area contributed by atoms with Crippen molar-refractivity contribution in [2.45, 2.75) is 25.5 Å². The largest absolute Gasteiger partial charge is 0.391 e. The van der Waals surface area contributed by atoms with E-state index in [1.54, 1.807) is 19.1 Å². The summed E-state index contributed by atoms with van der Waals surface area (Å²) in [6, 6.07) is 13.9. The summed E-state index contributed by atoms with van der Waals surface area (Å²) in [4.78, 5) is 0. The van der Waals surface area contributed by atoms with Gasteiger partial charge in [0.15, 0.2) is 0 Å². The van der Waals surface area contributed by atoms with E-state index in [0.29, 0.717) is 17.5 Å². The summed E-state index contributed by atoms with van der Waals surface area (Å²) in [5.41, 5.74) is 8.20. The van der Waals surface area contributed by atoms with Crippen molar-refractivity contribution in [2.24, 2.45) is 5.73 Å². The maximum absolute atomic E-state index is 13.5. The molecule has 3 heteroatoms. The smallest absolute Gasteiger partial charge is 0.126 e. The highest BCUT2D eigenvalue weighted by molar-refractivity contribution is 5.27. The normalized spacial score (nSPS) is 14.1. The van der Waals surface area contributed by atoms with E-state index >= 15 is 0 Å². The first-order valence-electron chi connectivity index (χ1n) is 6.31. The second-order valence-electron chi connectivity index (χ2n) is 4.79. The van der Waals surface area contributed by atoms with Gasteiger partial charge in [-0.2, -0.15) is 0 Å². The Kier molecular flexibility index (Phi) is 4.30. The fourth-order valence-electron chi connectivity index (χ4n) is 2.02. The predicted molar refractivity (Wildman–Crippen MR) is 74.2 cm³/mol. The summed E-state index contributed by atoms with van der Waals surface area (Å²) >= 11 is 0. The summed E-state index contributed by atoms with van der Waals surface area (Å²) in [7, 11) is 0. The molecule has 3 N–H and O–H groups in total. The summed E-state index contributed by atoms with van der Waals surface area (Å²) in [5.74, 6) is -0.292. The molecule has 0 unspecified atom stereocenters. The van der Waals surface area contributed by atoms with Gasteiger partial charge < -0.3 is 10.8 Å². The monoisotopic (exact) mass is 259 g/mol. The number of hydrogen-bond acceptors (Lipinski definition) is 2. The van der Waals surface area contributed by atoms with Gasteiger partial charge in [0.1, 0.15) is 5.82 Å². The van der Waals surface area contributed by atoms with Crippen LogP contribution in [0.15, 0.2) is 48.5 Å². The van der Waals surface area contributed by atoms with Crippen LogP contribution >= 0.6 is 0 Å². The van der Waals surface area contributed by atoms with Crippen molar-refractivity contribution in [2.75, 3.05) is 0 Å². The molecular weight excluding hydrogens is 241 g/mol. The van der Waals surface area contributed by atoms with Crippen LogP contribution in [0.4, 0.5) is 4.39 Å². The van der Waals surface area contributed by atoms with Crippen LogP contribution in [-0.4, -0.2) is 11.2 Å². The minimum Gasteiger partial charge on any atom is -0.391 e. The maximum atomic E-state index is 13.5. The van der Waals surface area contributed by atoms with Gasteiger partial charge in [-0.3, -0.25) is 0 Å². The summed E-state index contributed by atoms with van der Waals surface area (Å²) < 4.78 is 13.5. The zero-order chi connectivity index (χ0) is 13.8. The second-order valence-corrected chi connectivity index (χ2v) is 4.79. The Labute approximate surface area is 112 Å². The van der Waals surface area contributed by atoms with E-state index in [4.69, 9.17) is 5.73 Å². The molecular formula is C16H18FNO. The Balaban J connectivity index is 2.10. The van der Waals surface area contributed by atoms with Gasteiger partial charge in [0, 0.05) is 6.42 Å². The molecule has 2 nitrogen and oxygen atoms in total. The van der Waals surface area contributed by atoms with Crippen LogP contribution in [0.2, 0.25) is 0 Å². The maximum Gasteiger partial charge on any atom is 0.126 e. The number of aryl methyl sites for hydroxylation is 1. The van der Waals surface area contributed by atoms with E-state index in [9.17, 15) is 9.50 Å². The third-order valence-corrected chi connectivity index (χ3v) is 3.28. The minimum absolute atomic E-state index is 0.292. The van der Waals surface area contributed by atoms with E-state index in [1.807, 2.05) is 30.3 Å². The molecule has 0 bridgehead atoms. The molecule has 0 saturated carbocycles. The van der Waals surface area contributed by atoms with E-state index in [1.165, 1.54) is 6.07 Å². The van der Waals surface area contributed by atoms with E-state index < -0.39 is 12.1 Å². The molecule has 0 aliphatic heterocycles. The molecule has 0 saturated heterocycles. The first-order valence-corrected chi connectivity index (χ1v) is 6.31. The molecule has 19 heavy (non-hydrogen) atoms. The van der Waals surface area contributed by atoms with Crippen LogP contribution in [0.25, 0.3) is 0 Å². The van der Waals surface area contributed by atoms with Gasteiger partial charge in [0.05, 0.1) is 12.1 Å². The number of aliphatic hydroxyl groups is 1. The van der Waals surface area contributed by atoms with Gasteiger partial charge >= 0.3 is 0 Å². The molecule has 2 rings (SSSR count).